The highest BCUT2D eigenvalue weighted by Gasteiger charge is 2.38. The summed E-state index contributed by atoms with van der Waals surface area (Å²) in [7, 11) is 0. The summed E-state index contributed by atoms with van der Waals surface area (Å²) in [5.41, 5.74) is -1.61. The van der Waals surface area contributed by atoms with Crippen LogP contribution in [0.15, 0.2) is 12.1 Å². The molecule has 2 aromatic rings. The maximum atomic E-state index is 12.8. The molecule has 0 radical (unpaired) electrons. The normalized spacial score (nSPS) is 12.6. The van der Waals surface area contributed by atoms with E-state index in [2.05, 4.69) is 5.10 Å². The van der Waals surface area contributed by atoms with Gasteiger partial charge >= 0.3 is 6.18 Å². The Labute approximate surface area is 109 Å². The lowest BCUT2D eigenvalue weighted by Gasteiger charge is -2.05. The van der Waals surface area contributed by atoms with E-state index in [4.69, 9.17) is 11.6 Å². The Bertz CT molecular complexity index is 618. The SMILES string of the molecule is CCc1c(C(F)(F)F)nn2c(Cl)c(C(F)F)ccc12. The molecular formula is C11H8ClF5N2. The number of nitrogens with zero attached hydrogens (tertiary/aromatic N) is 2. The van der Waals surface area contributed by atoms with E-state index in [1.54, 1.807) is 0 Å². The lowest BCUT2D eigenvalue weighted by Crippen LogP contribution is -2.08. The number of hydrogen-bond acceptors (Lipinski definition) is 1. The van der Waals surface area contributed by atoms with Crippen LogP contribution in [0.1, 0.15) is 30.2 Å². The molecule has 0 aliphatic heterocycles. The van der Waals surface area contributed by atoms with Crippen LogP contribution >= 0.6 is 11.6 Å². The summed E-state index contributed by atoms with van der Waals surface area (Å²) in [5.74, 6) is 0. The second kappa shape index (κ2) is 4.63. The van der Waals surface area contributed by atoms with Crippen molar-refractivity contribution in [3.8, 4) is 0 Å². The van der Waals surface area contributed by atoms with Crippen molar-refractivity contribution >= 4 is 17.1 Å². The third kappa shape index (κ3) is 2.27. The summed E-state index contributed by atoms with van der Waals surface area (Å²) in [6, 6.07) is 2.19. The molecule has 8 heteroatoms. The average Bonchev–Trinajstić information content (AvgIpc) is 2.68. The molecule has 0 saturated carbocycles. The molecule has 0 N–H and O–H groups in total. The van der Waals surface area contributed by atoms with Crippen LogP contribution in [0.25, 0.3) is 5.52 Å². The van der Waals surface area contributed by atoms with Crippen LogP contribution < -0.4 is 0 Å². The van der Waals surface area contributed by atoms with Gasteiger partial charge in [0.15, 0.2) is 5.69 Å². The molecule has 104 valence electrons. The van der Waals surface area contributed by atoms with Crippen molar-refractivity contribution in [2.75, 3.05) is 0 Å². The second-order valence-corrected chi connectivity index (χ2v) is 4.21. The predicted octanol–water partition coefficient (Wildman–Crippen LogP) is 4.51. The fraction of sp³-hybridized carbons (Fsp3) is 0.364. The van der Waals surface area contributed by atoms with E-state index < -0.39 is 29.0 Å². The van der Waals surface area contributed by atoms with Crippen LogP contribution in [0.5, 0.6) is 0 Å². The smallest absolute Gasteiger partial charge is 0.221 e. The fourth-order valence-corrected chi connectivity index (χ4v) is 2.16. The predicted molar refractivity (Wildman–Crippen MR) is 59.5 cm³/mol. The molecule has 0 amide bonds. The quantitative estimate of drug-likeness (QED) is 0.589. The van der Waals surface area contributed by atoms with Crippen molar-refractivity contribution in [1.82, 2.24) is 9.61 Å². The third-order valence-corrected chi connectivity index (χ3v) is 3.10. The van der Waals surface area contributed by atoms with E-state index in [0.717, 1.165) is 6.07 Å². The van der Waals surface area contributed by atoms with Gasteiger partial charge in [0.1, 0.15) is 5.15 Å². The zero-order chi connectivity index (χ0) is 14.4. The molecule has 0 bridgehead atoms. The Kier molecular flexibility index (Phi) is 3.42. The first kappa shape index (κ1) is 14.0. The highest BCUT2D eigenvalue weighted by molar-refractivity contribution is 6.30. The molecule has 2 nitrogen and oxygen atoms in total. The van der Waals surface area contributed by atoms with Crippen molar-refractivity contribution in [2.45, 2.75) is 25.9 Å². The molecule has 0 unspecified atom stereocenters. The number of alkyl halides is 5. The maximum absolute atomic E-state index is 12.8. The molecular weight excluding hydrogens is 291 g/mol. The van der Waals surface area contributed by atoms with Crippen LogP contribution in [-0.2, 0) is 12.6 Å². The van der Waals surface area contributed by atoms with E-state index in [0.29, 0.717) is 4.52 Å². The third-order valence-electron chi connectivity index (χ3n) is 2.73. The van der Waals surface area contributed by atoms with Gasteiger partial charge in [0.25, 0.3) is 6.43 Å². The van der Waals surface area contributed by atoms with E-state index >= 15 is 0 Å². The van der Waals surface area contributed by atoms with Crippen molar-refractivity contribution in [3.05, 3.63) is 34.1 Å². The van der Waals surface area contributed by atoms with Crippen LogP contribution in [0.4, 0.5) is 22.0 Å². The van der Waals surface area contributed by atoms with Crippen LogP contribution in [0.3, 0.4) is 0 Å². The number of fused-ring (bicyclic) bond motifs is 1. The summed E-state index contributed by atoms with van der Waals surface area (Å²) in [4.78, 5) is 0. The zero-order valence-electron chi connectivity index (χ0n) is 9.60. The second-order valence-electron chi connectivity index (χ2n) is 3.86. The van der Waals surface area contributed by atoms with Crippen molar-refractivity contribution in [3.63, 3.8) is 0 Å². The van der Waals surface area contributed by atoms with E-state index in [1.807, 2.05) is 0 Å². The van der Waals surface area contributed by atoms with Crippen molar-refractivity contribution in [1.29, 1.82) is 0 Å². The summed E-state index contributed by atoms with van der Waals surface area (Å²) in [6.45, 7) is 1.53. The molecule has 0 aliphatic carbocycles. The molecule has 0 atom stereocenters. The largest absolute Gasteiger partial charge is 0.435 e. The topological polar surface area (TPSA) is 17.3 Å². The van der Waals surface area contributed by atoms with Crippen molar-refractivity contribution in [2.24, 2.45) is 0 Å². The molecule has 0 aliphatic rings. The first-order valence-electron chi connectivity index (χ1n) is 5.32. The minimum atomic E-state index is -4.65. The molecule has 2 heterocycles. The molecule has 0 saturated heterocycles. The highest BCUT2D eigenvalue weighted by atomic mass is 35.5. The molecule has 0 aromatic carbocycles. The number of halogens is 6. The van der Waals surface area contributed by atoms with E-state index in [-0.39, 0.29) is 17.5 Å². The number of aromatic nitrogens is 2. The number of pyridine rings is 1. The first-order chi connectivity index (χ1) is 8.77. The minimum absolute atomic E-state index is 0.0600. The highest BCUT2D eigenvalue weighted by Crippen LogP contribution is 2.36. The first-order valence-corrected chi connectivity index (χ1v) is 5.70. The molecule has 0 spiro atoms. The number of aryl methyl sites for hydroxylation is 1. The summed E-state index contributed by atoms with van der Waals surface area (Å²) in [6.07, 6.45) is -7.45. The van der Waals surface area contributed by atoms with Crippen LogP contribution in [0, 0.1) is 0 Å². The van der Waals surface area contributed by atoms with E-state index in [1.165, 1.54) is 13.0 Å². The lowest BCUT2D eigenvalue weighted by molar-refractivity contribution is -0.141. The van der Waals surface area contributed by atoms with Gasteiger partial charge < -0.3 is 0 Å². The van der Waals surface area contributed by atoms with Gasteiger partial charge in [0.05, 0.1) is 11.1 Å². The molecule has 19 heavy (non-hydrogen) atoms. The van der Waals surface area contributed by atoms with Gasteiger partial charge in [0.2, 0.25) is 0 Å². The van der Waals surface area contributed by atoms with Crippen LogP contribution in [0.2, 0.25) is 5.15 Å². The lowest BCUT2D eigenvalue weighted by atomic mass is 10.1. The van der Waals surface area contributed by atoms with Gasteiger partial charge in [-0.2, -0.15) is 18.3 Å². The van der Waals surface area contributed by atoms with Gasteiger partial charge in [-0.3, -0.25) is 0 Å². The molecule has 2 aromatic heterocycles. The maximum Gasteiger partial charge on any atom is 0.435 e. The Morgan fingerprint density at radius 1 is 1.32 bits per heavy atom. The number of rotatable bonds is 2. The standard InChI is InChI=1S/C11H8ClF5N2/c1-2-5-7-4-3-6(10(13)14)9(12)19(7)18-8(5)11(15,16)17/h3-4,10H,2H2,1H3. The number of hydrogen-bond donors (Lipinski definition) is 0. The van der Waals surface area contributed by atoms with Gasteiger partial charge in [-0.25, -0.2) is 13.3 Å². The Morgan fingerprint density at radius 3 is 2.42 bits per heavy atom. The van der Waals surface area contributed by atoms with Gasteiger partial charge in [-0.05, 0) is 18.6 Å². The average molecular weight is 299 g/mol. The Morgan fingerprint density at radius 2 is 1.95 bits per heavy atom. The Balaban J connectivity index is 2.80. The molecule has 2 rings (SSSR count). The monoisotopic (exact) mass is 298 g/mol. The summed E-state index contributed by atoms with van der Waals surface area (Å²) < 4.78 is 64.4. The zero-order valence-corrected chi connectivity index (χ0v) is 10.4. The van der Waals surface area contributed by atoms with Crippen LogP contribution in [-0.4, -0.2) is 9.61 Å². The van der Waals surface area contributed by atoms with Crippen molar-refractivity contribution < 1.29 is 22.0 Å². The Hall–Kier alpha value is -1.37. The fourth-order valence-electron chi connectivity index (χ4n) is 1.88. The van der Waals surface area contributed by atoms with Gasteiger partial charge in [0, 0.05) is 5.56 Å². The van der Waals surface area contributed by atoms with Gasteiger partial charge in [-0.15, -0.1) is 0 Å². The summed E-state index contributed by atoms with van der Waals surface area (Å²) >= 11 is 5.68. The van der Waals surface area contributed by atoms with Gasteiger partial charge in [-0.1, -0.05) is 18.5 Å². The van der Waals surface area contributed by atoms with E-state index in [9.17, 15) is 22.0 Å². The minimum Gasteiger partial charge on any atom is -0.221 e. The summed E-state index contributed by atoms with van der Waals surface area (Å²) in [5, 5.41) is 2.82. The molecule has 0 fully saturated rings.